The maximum absolute atomic E-state index is 12.4. The van der Waals surface area contributed by atoms with E-state index in [1.54, 1.807) is 23.2 Å². The van der Waals surface area contributed by atoms with Gasteiger partial charge in [-0.05, 0) is 18.9 Å². The van der Waals surface area contributed by atoms with Gasteiger partial charge in [0.15, 0.2) is 0 Å². The molecule has 1 atom stereocenters. The Bertz CT molecular complexity index is 603. The van der Waals surface area contributed by atoms with Crippen LogP contribution < -0.4 is 15.0 Å². The molecule has 0 bridgehead atoms. The van der Waals surface area contributed by atoms with Gasteiger partial charge in [0, 0.05) is 38.5 Å². The van der Waals surface area contributed by atoms with Gasteiger partial charge in [0.2, 0.25) is 11.8 Å². The lowest BCUT2D eigenvalue weighted by Gasteiger charge is -2.34. The Morgan fingerprint density at radius 3 is 3.08 bits per heavy atom. The van der Waals surface area contributed by atoms with Gasteiger partial charge in [0.05, 0.1) is 18.9 Å². The summed E-state index contributed by atoms with van der Waals surface area (Å²) in [6, 6.07) is 3.25. The molecule has 24 heavy (non-hydrogen) atoms. The standard InChI is InChI=1S/C16H22N4O4/c1-23-14-9-12(4-5-17-14)20-7-6-19(11-15(20)21)16(22)18-10-13-3-2-8-24-13/h4-5,9,13H,2-3,6-8,10-11H2,1H3,(H,18,22). The first-order valence-electron chi connectivity index (χ1n) is 8.12. The van der Waals surface area contributed by atoms with Crippen LogP contribution in [-0.2, 0) is 9.53 Å². The number of carbonyl (C=O) groups excluding carboxylic acids is 2. The average molecular weight is 334 g/mol. The number of anilines is 1. The number of pyridine rings is 1. The zero-order chi connectivity index (χ0) is 16.9. The van der Waals surface area contributed by atoms with Gasteiger partial charge in [-0.25, -0.2) is 9.78 Å². The summed E-state index contributed by atoms with van der Waals surface area (Å²) in [5, 5.41) is 2.85. The predicted octanol–water partition coefficient (Wildman–Crippen LogP) is 0.627. The van der Waals surface area contributed by atoms with Gasteiger partial charge in [0.25, 0.3) is 0 Å². The van der Waals surface area contributed by atoms with Crippen molar-refractivity contribution in [3.63, 3.8) is 0 Å². The van der Waals surface area contributed by atoms with Crippen LogP contribution in [0.3, 0.4) is 0 Å². The monoisotopic (exact) mass is 334 g/mol. The number of hydrogen-bond donors (Lipinski definition) is 1. The summed E-state index contributed by atoms with van der Waals surface area (Å²) < 4.78 is 10.6. The molecule has 130 valence electrons. The van der Waals surface area contributed by atoms with Crippen LogP contribution in [0.15, 0.2) is 18.3 Å². The summed E-state index contributed by atoms with van der Waals surface area (Å²) in [7, 11) is 1.53. The number of hydrogen-bond acceptors (Lipinski definition) is 5. The molecule has 1 aromatic heterocycles. The molecular formula is C16H22N4O4. The van der Waals surface area contributed by atoms with E-state index in [1.165, 1.54) is 12.0 Å². The Balaban J connectivity index is 1.54. The highest BCUT2D eigenvalue weighted by atomic mass is 16.5. The van der Waals surface area contributed by atoms with E-state index in [0.29, 0.717) is 25.5 Å². The summed E-state index contributed by atoms with van der Waals surface area (Å²) in [6.45, 7) is 2.23. The summed E-state index contributed by atoms with van der Waals surface area (Å²) in [6.07, 6.45) is 3.70. The van der Waals surface area contributed by atoms with Crippen LogP contribution >= 0.6 is 0 Å². The van der Waals surface area contributed by atoms with Crippen molar-refractivity contribution in [1.82, 2.24) is 15.2 Å². The molecule has 8 heteroatoms. The predicted molar refractivity (Wildman–Crippen MR) is 87.1 cm³/mol. The Hall–Kier alpha value is -2.35. The Morgan fingerprint density at radius 2 is 2.38 bits per heavy atom. The molecular weight excluding hydrogens is 312 g/mol. The molecule has 0 aliphatic carbocycles. The van der Waals surface area contributed by atoms with E-state index in [-0.39, 0.29) is 24.6 Å². The van der Waals surface area contributed by atoms with Crippen LogP contribution in [0.1, 0.15) is 12.8 Å². The highest BCUT2D eigenvalue weighted by Crippen LogP contribution is 2.20. The molecule has 0 aromatic carbocycles. The summed E-state index contributed by atoms with van der Waals surface area (Å²) >= 11 is 0. The van der Waals surface area contributed by atoms with E-state index in [0.717, 1.165) is 25.1 Å². The van der Waals surface area contributed by atoms with E-state index in [9.17, 15) is 9.59 Å². The Kier molecular flexibility index (Phi) is 5.14. The number of nitrogens with one attached hydrogen (secondary N) is 1. The second-order valence-electron chi connectivity index (χ2n) is 5.84. The van der Waals surface area contributed by atoms with Crippen LogP contribution in [0.5, 0.6) is 5.88 Å². The lowest BCUT2D eigenvalue weighted by molar-refractivity contribution is -0.120. The maximum Gasteiger partial charge on any atom is 0.318 e. The van der Waals surface area contributed by atoms with Crippen LogP contribution in [0, 0.1) is 0 Å². The third kappa shape index (κ3) is 3.76. The molecule has 0 saturated carbocycles. The van der Waals surface area contributed by atoms with Gasteiger partial charge in [0.1, 0.15) is 6.54 Å². The van der Waals surface area contributed by atoms with Crippen LogP contribution in [0.25, 0.3) is 0 Å². The van der Waals surface area contributed by atoms with Gasteiger partial charge in [-0.2, -0.15) is 0 Å². The molecule has 2 saturated heterocycles. The van der Waals surface area contributed by atoms with E-state index in [2.05, 4.69) is 10.3 Å². The Morgan fingerprint density at radius 1 is 1.50 bits per heavy atom. The normalized spacial score (nSPS) is 21.0. The topological polar surface area (TPSA) is 84.0 Å². The van der Waals surface area contributed by atoms with E-state index in [1.807, 2.05) is 0 Å². The average Bonchev–Trinajstić information content (AvgIpc) is 3.13. The highest BCUT2D eigenvalue weighted by Gasteiger charge is 2.28. The molecule has 2 aliphatic heterocycles. The number of carbonyl (C=O) groups is 2. The SMILES string of the molecule is COc1cc(N2CCN(C(=O)NCC3CCCO3)CC2=O)ccn1. The molecule has 2 fully saturated rings. The second kappa shape index (κ2) is 7.48. The van der Waals surface area contributed by atoms with Crippen molar-refractivity contribution < 1.29 is 19.1 Å². The molecule has 8 nitrogen and oxygen atoms in total. The van der Waals surface area contributed by atoms with Gasteiger partial charge in [-0.1, -0.05) is 0 Å². The molecule has 3 rings (SSSR count). The third-order valence-electron chi connectivity index (χ3n) is 4.25. The van der Waals surface area contributed by atoms with Crippen LogP contribution in [0.4, 0.5) is 10.5 Å². The van der Waals surface area contributed by atoms with E-state index in [4.69, 9.17) is 9.47 Å². The minimum Gasteiger partial charge on any atom is -0.481 e. The zero-order valence-corrected chi connectivity index (χ0v) is 13.7. The Labute approximate surface area is 140 Å². The second-order valence-corrected chi connectivity index (χ2v) is 5.84. The molecule has 3 heterocycles. The van der Waals surface area contributed by atoms with Crippen molar-refractivity contribution in [3.8, 4) is 5.88 Å². The van der Waals surface area contributed by atoms with Crippen molar-refractivity contribution >= 4 is 17.6 Å². The van der Waals surface area contributed by atoms with Crippen molar-refractivity contribution in [1.29, 1.82) is 0 Å². The number of methoxy groups -OCH3 is 1. The van der Waals surface area contributed by atoms with Crippen LogP contribution in [0.2, 0.25) is 0 Å². The molecule has 0 spiro atoms. The van der Waals surface area contributed by atoms with E-state index < -0.39 is 0 Å². The lowest BCUT2D eigenvalue weighted by Crippen LogP contribution is -2.55. The van der Waals surface area contributed by atoms with Crippen molar-refractivity contribution in [3.05, 3.63) is 18.3 Å². The minimum absolute atomic E-state index is 0.0575. The molecule has 2 aliphatic rings. The number of ether oxygens (including phenoxy) is 2. The molecule has 1 N–H and O–H groups in total. The largest absolute Gasteiger partial charge is 0.481 e. The fourth-order valence-electron chi connectivity index (χ4n) is 2.92. The smallest absolute Gasteiger partial charge is 0.318 e. The number of aromatic nitrogens is 1. The summed E-state index contributed by atoms with van der Waals surface area (Å²) in [4.78, 5) is 31.8. The number of nitrogens with zero attached hydrogens (tertiary/aromatic N) is 3. The number of urea groups is 1. The maximum atomic E-state index is 12.4. The number of rotatable bonds is 4. The van der Waals surface area contributed by atoms with Gasteiger partial charge in [-0.3, -0.25) is 4.79 Å². The first-order chi connectivity index (χ1) is 11.7. The number of amides is 3. The van der Waals surface area contributed by atoms with Crippen molar-refractivity contribution in [2.75, 3.05) is 44.8 Å². The fourth-order valence-corrected chi connectivity index (χ4v) is 2.92. The van der Waals surface area contributed by atoms with Crippen molar-refractivity contribution in [2.24, 2.45) is 0 Å². The van der Waals surface area contributed by atoms with Gasteiger partial charge >= 0.3 is 6.03 Å². The molecule has 1 aromatic rings. The molecule has 3 amide bonds. The zero-order valence-electron chi connectivity index (χ0n) is 13.7. The molecule has 0 radical (unpaired) electrons. The highest BCUT2D eigenvalue weighted by molar-refractivity contribution is 5.97. The van der Waals surface area contributed by atoms with Gasteiger partial charge < -0.3 is 24.6 Å². The first-order valence-corrected chi connectivity index (χ1v) is 8.12. The summed E-state index contributed by atoms with van der Waals surface area (Å²) in [5.41, 5.74) is 0.728. The first kappa shape index (κ1) is 16.5. The fraction of sp³-hybridized carbons (Fsp3) is 0.562. The minimum atomic E-state index is -0.217. The summed E-state index contributed by atoms with van der Waals surface area (Å²) in [5.74, 6) is 0.332. The lowest BCUT2D eigenvalue weighted by atomic mass is 10.2. The van der Waals surface area contributed by atoms with Gasteiger partial charge in [-0.15, -0.1) is 0 Å². The van der Waals surface area contributed by atoms with Crippen LogP contribution in [-0.4, -0.2) is 67.8 Å². The van der Waals surface area contributed by atoms with Crippen molar-refractivity contribution in [2.45, 2.75) is 18.9 Å². The quantitative estimate of drug-likeness (QED) is 0.873. The third-order valence-corrected chi connectivity index (χ3v) is 4.25. The number of piperazine rings is 1. The molecule has 1 unspecified atom stereocenters. The van der Waals surface area contributed by atoms with E-state index >= 15 is 0 Å².